The van der Waals surface area contributed by atoms with Crippen LogP contribution in [0.1, 0.15) is 143 Å². The Morgan fingerprint density at radius 3 is 0.902 bits per heavy atom. The SMILES string of the molecule is CC(C)(O)C(=O)c1ccc(C(OC(=O)C(OC(c2ccc(C(=O)C(C)(C)O)cc2)c2ccc(C(=O)C(C)(C)O)cc2)c2ccccc2)c2ccc(C(=O)C(C)(C)O)cc2)cc1. The largest absolute Gasteiger partial charge is 0.450 e. The molecule has 0 radical (unpaired) electrons. The van der Waals surface area contributed by atoms with Crippen molar-refractivity contribution < 1.29 is 53.9 Å². The summed E-state index contributed by atoms with van der Waals surface area (Å²) in [7, 11) is 0. The topological polar surface area (TPSA) is 185 Å². The van der Waals surface area contributed by atoms with Crippen molar-refractivity contribution >= 4 is 29.1 Å². The summed E-state index contributed by atoms with van der Waals surface area (Å²) in [6.45, 7) is 11.1. The lowest BCUT2D eigenvalue weighted by Gasteiger charge is -2.28. The minimum atomic E-state index is -1.64. The van der Waals surface area contributed by atoms with Crippen molar-refractivity contribution in [2.45, 2.75) is 96.1 Å². The predicted octanol–water partition coefficient (Wildman–Crippen LogP) is 7.68. The normalized spacial score (nSPS) is 12.9. The van der Waals surface area contributed by atoms with Crippen LogP contribution in [0.2, 0.25) is 0 Å². The molecule has 0 saturated heterocycles. The minimum Gasteiger partial charge on any atom is -0.450 e. The van der Waals surface area contributed by atoms with Gasteiger partial charge in [0.1, 0.15) is 28.5 Å². The van der Waals surface area contributed by atoms with E-state index in [4.69, 9.17) is 9.47 Å². The molecule has 5 rings (SSSR count). The monoisotopic (exact) mass is 828 g/mol. The van der Waals surface area contributed by atoms with E-state index in [0.717, 1.165) is 0 Å². The summed E-state index contributed by atoms with van der Waals surface area (Å²) in [6.07, 6.45) is -3.51. The molecular weight excluding hydrogens is 777 g/mol. The number of Topliss-reactive ketones (excluding diaryl/α,β-unsaturated/α-hetero) is 4. The van der Waals surface area contributed by atoms with E-state index in [1.54, 1.807) is 103 Å². The molecule has 1 atom stereocenters. The highest BCUT2D eigenvalue weighted by atomic mass is 16.6. The third kappa shape index (κ3) is 11.3. The summed E-state index contributed by atoms with van der Waals surface area (Å²) in [5.41, 5.74) is -3.24. The molecule has 0 saturated carbocycles. The van der Waals surface area contributed by atoms with Gasteiger partial charge in [0.2, 0.25) is 0 Å². The van der Waals surface area contributed by atoms with Crippen LogP contribution in [0.15, 0.2) is 127 Å². The summed E-state index contributed by atoms with van der Waals surface area (Å²) in [5, 5.41) is 41.5. The van der Waals surface area contributed by atoms with Gasteiger partial charge >= 0.3 is 5.97 Å². The first-order chi connectivity index (χ1) is 28.4. The van der Waals surface area contributed by atoms with Crippen molar-refractivity contribution in [2.75, 3.05) is 0 Å². The molecule has 0 fully saturated rings. The third-order valence-corrected chi connectivity index (χ3v) is 9.95. The van der Waals surface area contributed by atoms with E-state index in [9.17, 15) is 44.4 Å². The second-order valence-electron chi connectivity index (χ2n) is 17.2. The van der Waals surface area contributed by atoms with Crippen LogP contribution < -0.4 is 0 Å². The molecule has 0 aliphatic carbocycles. The Bertz CT molecular complexity index is 2210. The van der Waals surface area contributed by atoms with Gasteiger partial charge in [-0.2, -0.15) is 0 Å². The lowest BCUT2D eigenvalue weighted by molar-refractivity contribution is -0.164. The van der Waals surface area contributed by atoms with E-state index in [1.165, 1.54) is 79.7 Å². The predicted molar refractivity (Wildman–Crippen MR) is 228 cm³/mol. The van der Waals surface area contributed by atoms with Gasteiger partial charge in [-0.25, -0.2) is 4.79 Å². The Hall–Kier alpha value is -5.95. The Balaban J connectivity index is 1.60. The van der Waals surface area contributed by atoms with Gasteiger partial charge in [-0.1, -0.05) is 127 Å². The lowest BCUT2D eigenvalue weighted by atomic mass is 9.92. The number of hydrogen-bond donors (Lipinski definition) is 4. The number of carbonyl (C=O) groups excluding carboxylic acids is 5. The standard InChI is InChI=1S/C50H52O11/c1-47(2,56)42(51)35-22-14-31(15-23-35)39(32-16-24-36(25-17-32)43(52)48(3,4)57)60-41(30-12-10-9-11-13-30)46(55)61-40(33-18-26-37(27-19-33)44(53)49(5,6)58)34-20-28-38(29-21-34)45(54)50(7,8)59/h9-29,39-41,56-59H,1-8H3. The van der Waals surface area contributed by atoms with Crippen LogP contribution >= 0.6 is 0 Å². The van der Waals surface area contributed by atoms with Crippen molar-refractivity contribution in [2.24, 2.45) is 0 Å². The van der Waals surface area contributed by atoms with Gasteiger partial charge in [0.25, 0.3) is 0 Å². The van der Waals surface area contributed by atoms with E-state index in [0.29, 0.717) is 27.8 Å². The van der Waals surface area contributed by atoms with Gasteiger partial charge in [0.05, 0.1) is 0 Å². The molecule has 1 unspecified atom stereocenters. The summed E-state index contributed by atoms with van der Waals surface area (Å²) in [4.78, 5) is 66.4. The van der Waals surface area contributed by atoms with Crippen molar-refractivity contribution in [1.82, 2.24) is 0 Å². The minimum absolute atomic E-state index is 0.228. The van der Waals surface area contributed by atoms with Crippen molar-refractivity contribution in [3.8, 4) is 0 Å². The van der Waals surface area contributed by atoms with Gasteiger partial charge in [-0.3, -0.25) is 19.2 Å². The fourth-order valence-electron chi connectivity index (χ4n) is 6.54. The Morgan fingerprint density at radius 1 is 0.377 bits per heavy atom. The second-order valence-corrected chi connectivity index (χ2v) is 17.2. The maximum absolute atomic E-state index is 14.8. The molecule has 11 heteroatoms. The number of aliphatic hydroxyl groups is 4. The Morgan fingerprint density at radius 2 is 0.639 bits per heavy atom. The average Bonchev–Trinajstić information content (AvgIpc) is 3.21. The van der Waals surface area contributed by atoms with E-state index < -0.39 is 69.8 Å². The quantitative estimate of drug-likeness (QED) is 0.0533. The molecule has 318 valence electrons. The van der Waals surface area contributed by atoms with Gasteiger partial charge < -0.3 is 29.9 Å². The molecule has 11 nitrogen and oxygen atoms in total. The maximum Gasteiger partial charge on any atom is 0.340 e. The van der Waals surface area contributed by atoms with Crippen LogP contribution in [0.3, 0.4) is 0 Å². The number of ether oxygens (including phenoxy) is 2. The molecule has 0 amide bonds. The summed E-state index contributed by atoms with van der Waals surface area (Å²) in [5.74, 6) is -2.85. The highest BCUT2D eigenvalue weighted by Gasteiger charge is 2.34. The molecule has 61 heavy (non-hydrogen) atoms. The molecule has 5 aromatic carbocycles. The Labute approximate surface area is 355 Å². The molecule has 0 bridgehead atoms. The van der Waals surface area contributed by atoms with E-state index in [2.05, 4.69) is 0 Å². The van der Waals surface area contributed by atoms with Crippen LogP contribution in [-0.2, 0) is 14.3 Å². The molecule has 0 aliphatic rings. The first-order valence-corrected chi connectivity index (χ1v) is 19.8. The summed E-state index contributed by atoms with van der Waals surface area (Å²) < 4.78 is 13.1. The molecule has 0 aliphatic heterocycles. The van der Waals surface area contributed by atoms with Gasteiger partial charge in [0, 0.05) is 22.3 Å². The highest BCUT2D eigenvalue weighted by Crippen LogP contribution is 2.37. The van der Waals surface area contributed by atoms with Crippen LogP contribution in [0.5, 0.6) is 0 Å². The van der Waals surface area contributed by atoms with Gasteiger partial charge in [-0.05, 0) is 83.2 Å². The number of esters is 1. The molecule has 0 spiro atoms. The fraction of sp³-hybridized carbons (Fsp3) is 0.300. The van der Waals surface area contributed by atoms with E-state index >= 15 is 0 Å². The summed E-state index contributed by atoms with van der Waals surface area (Å²) in [6, 6.07) is 33.8. The summed E-state index contributed by atoms with van der Waals surface area (Å²) >= 11 is 0. The first kappa shape index (κ1) is 46.1. The smallest absolute Gasteiger partial charge is 0.340 e. The van der Waals surface area contributed by atoms with E-state index in [-0.39, 0.29) is 22.3 Å². The van der Waals surface area contributed by atoms with Crippen LogP contribution in [0, 0.1) is 0 Å². The van der Waals surface area contributed by atoms with Crippen molar-refractivity contribution in [3.05, 3.63) is 177 Å². The number of hydrogen-bond acceptors (Lipinski definition) is 11. The molecule has 0 heterocycles. The van der Waals surface area contributed by atoms with Gasteiger partial charge in [-0.15, -0.1) is 0 Å². The van der Waals surface area contributed by atoms with E-state index in [1.807, 2.05) is 0 Å². The molecule has 4 N–H and O–H groups in total. The highest BCUT2D eigenvalue weighted by molar-refractivity contribution is 6.03. The molecule has 0 aromatic heterocycles. The first-order valence-electron chi connectivity index (χ1n) is 19.8. The fourth-order valence-corrected chi connectivity index (χ4v) is 6.54. The zero-order valence-electron chi connectivity index (χ0n) is 35.5. The van der Waals surface area contributed by atoms with Crippen molar-refractivity contribution in [3.63, 3.8) is 0 Å². The number of carbonyl (C=O) groups is 5. The number of benzene rings is 5. The van der Waals surface area contributed by atoms with Gasteiger partial charge in [0.15, 0.2) is 35.3 Å². The third-order valence-electron chi connectivity index (χ3n) is 9.95. The second kappa shape index (κ2) is 18.0. The number of rotatable bonds is 17. The zero-order chi connectivity index (χ0) is 45.1. The van der Waals surface area contributed by atoms with Crippen LogP contribution in [-0.4, -0.2) is 71.9 Å². The number of ketones is 4. The molecular formula is C50H52O11. The maximum atomic E-state index is 14.8. The average molecular weight is 829 g/mol. The van der Waals surface area contributed by atoms with Crippen LogP contribution in [0.25, 0.3) is 0 Å². The lowest BCUT2D eigenvalue weighted by Crippen LogP contribution is -2.31. The zero-order valence-corrected chi connectivity index (χ0v) is 35.5. The Kier molecular flexibility index (Phi) is 13.6. The van der Waals surface area contributed by atoms with Crippen LogP contribution in [0.4, 0.5) is 0 Å². The van der Waals surface area contributed by atoms with Crippen molar-refractivity contribution in [1.29, 1.82) is 0 Å². The molecule has 5 aromatic rings.